The van der Waals surface area contributed by atoms with Gasteiger partial charge in [0.05, 0.1) is 19.8 Å². The molecule has 160 valence electrons. The molecule has 0 aromatic heterocycles. The number of hydrogen-bond acceptors (Lipinski definition) is 3. The smallest absolute Gasteiger partial charge is 0.125 e. The predicted molar refractivity (Wildman–Crippen MR) is 123 cm³/mol. The van der Waals surface area contributed by atoms with Crippen molar-refractivity contribution in [2.24, 2.45) is 0 Å². The highest BCUT2D eigenvalue weighted by molar-refractivity contribution is 5.29. The van der Waals surface area contributed by atoms with E-state index in [1.54, 1.807) is 0 Å². The van der Waals surface area contributed by atoms with Crippen LogP contribution in [0, 0.1) is 11.8 Å². The summed E-state index contributed by atoms with van der Waals surface area (Å²) in [7, 11) is 0. The van der Waals surface area contributed by atoms with Gasteiger partial charge in [0.25, 0.3) is 0 Å². The van der Waals surface area contributed by atoms with Gasteiger partial charge in [0.1, 0.15) is 11.7 Å². The normalized spacial score (nSPS) is 16.6. The number of hydrogen-bond donors (Lipinski definition) is 0. The molecular weight excluding hydrogens is 370 g/mol. The van der Waals surface area contributed by atoms with E-state index in [0.717, 1.165) is 24.1 Å². The van der Waals surface area contributed by atoms with Crippen molar-refractivity contribution < 1.29 is 9.47 Å². The number of nitrogens with zero attached hydrogens (tertiary/aromatic N) is 1. The molecule has 3 heteroatoms. The number of likely N-dealkylation sites (tertiary alicyclic amines) is 1. The van der Waals surface area contributed by atoms with Gasteiger partial charge in [0, 0.05) is 0 Å². The lowest BCUT2D eigenvalue weighted by atomic mass is 10.0. The Morgan fingerprint density at radius 1 is 0.900 bits per heavy atom. The van der Waals surface area contributed by atoms with Gasteiger partial charge in [0.2, 0.25) is 0 Å². The third kappa shape index (κ3) is 6.99. The van der Waals surface area contributed by atoms with Gasteiger partial charge in [-0.1, -0.05) is 85.8 Å². The molecule has 0 saturated carbocycles. The Labute approximate surface area is 182 Å². The molecular formula is C27H35NO2. The largest absolute Gasteiger partial charge is 0.366 e. The van der Waals surface area contributed by atoms with Gasteiger partial charge in [-0.2, -0.15) is 0 Å². The minimum atomic E-state index is -0.422. The van der Waals surface area contributed by atoms with E-state index in [4.69, 9.17) is 9.47 Å². The van der Waals surface area contributed by atoms with Crippen LogP contribution in [0.1, 0.15) is 56.8 Å². The summed E-state index contributed by atoms with van der Waals surface area (Å²) in [6, 6.07) is 20.7. The van der Waals surface area contributed by atoms with Crippen LogP contribution in [-0.2, 0) is 9.47 Å². The molecule has 0 N–H and O–H groups in total. The zero-order valence-electron chi connectivity index (χ0n) is 18.5. The monoisotopic (exact) mass is 405 g/mol. The van der Waals surface area contributed by atoms with Crippen LogP contribution in [0.3, 0.4) is 0 Å². The van der Waals surface area contributed by atoms with Crippen LogP contribution in [0.2, 0.25) is 0 Å². The van der Waals surface area contributed by atoms with Crippen molar-refractivity contribution in [3.63, 3.8) is 0 Å². The first kappa shape index (κ1) is 22.6. The lowest BCUT2D eigenvalue weighted by Gasteiger charge is -2.26. The van der Waals surface area contributed by atoms with Gasteiger partial charge in [-0.15, -0.1) is 0 Å². The van der Waals surface area contributed by atoms with Crippen LogP contribution >= 0.6 is 0 Å². The van der Waals surface area contributed by atoms with E-state index in [9.17, 15) is 0 Å². The van der Waals surface area contributed by atoms with E-state index in [2.05, 4.69) is 79.1 Å². The van der Waals surface area contributed by atoms with Crippen molar-refractivity contribution in [1.29, 1.82) is 0 Å². The highest BCUT2D eigenvalue weighted by Gasteiger charge is 2.20. The van der Waals surface area contributed by atoms with Crippen molar-refractivity contribution in [3.8, 4) is 11.8 Å². The molecule has 0 unspecified atom stereocenters. The molecule has 0 bridgehead atoms. The zero-order valence-corrected chi connectivity index (χ0v) is 18.5. The Hall–Kier alpha value is -2.12. The maximum atomic E-state index is 6.27. The van der Waals surface area contributed by atoms with Crippen LogP contribution in [0.4, 0.5) is 0 Å². The molecule has 0 spiro atoms. The number of benzene rings is 2. The van der Waals surface area contributed by atoms with Crippen molar-refractivity contribution in [1.82, 2.24) is 4.90 Å². The van der Waals surface area contributed by atoms with Crippen LogP contribution in [0.15, 0.2) is 60.7 Å². The van der Waals surface area contributed by atoms with Crippen molar-refractivity contribution >= 4 is 0 Å². The molecule has 2 aromatic rings. The lowest BCUT2D eigenvalue weighted by molar-refractivity contribution is -0.0369. The second kappa shape index (κ2) is 11.9. The third-order valence-electron chi connectivity index (χ3n) is 5.77. The van der Waals surface area contributed by atoms with Gasteiger partial charge >= 0.3 is 0 Å². The molecule has 1 saturated heterocycles. The first-order chi connectivity index (χ1) is 14.7. The van der Waals surface area contributed by atoms with E-state index in [1.165, 1.54) is 32.4 Å². The molecule has 0 amide bonds. The summed E-state index contributed by atoms with van der Waals surface area (Å²) in [5.41, 5.74) is 1.89. The van der Waals surface area contributed by atoms with E-state index in [-0.39, 0.29) is 6.10 Å². The molecule has 1 aliphatic heterocycles. The minimum absolute atomic E-state index is 0.0888. The Morgan fingerprint density at radius 2 is 1.50 bits per heavy atom. The summed E-state index contributed by atoms with van der Waals surface area (Å²) in [5.74, 6) is 6.73. The fourth-order valence-electron chi connectivity index (χ4n) is 3.76. The van der Waals surface area contributed by atoms with Gasteiger partial charge in [-0.3, -0.25) is 4.90 Å². The number of piperidine rings is 1. The average molecular weight is 406 g/mol. The molecule has 3 nitrogen and oxygen atoms in total. The van der Waals surface area contributed by atoms with Crippen LogP contribution in [-0.4, -0.2) is 43.3 Å². The molecule has 1 heterocycles. The maximum absolute atomic E-state index is 6.27. The van der Waals surface area contributed by atoms with Gasteiger partial charge in [-0.25, -0.2) is 0 Å². The minimum Gasteiger partial charge on any atom is -0.366 e. The molecule has 0 radical (unpaired) electrons. The van der Waals surface area contributed by atoms with Crippen LogP contribution < -0.4 is 0 Å². The number of rotatable bonds is 9. The molecule has 1 atom stereocenters. The summed E-state index contributed by atoms with van der Waals surface area (Å²) in [6.45, 7) is 8.46. The first-order valence-corrected chi connectivity index (χ1v) is 11.3. The zero-order chi connectivity index (χ0) is 21.1. The SMILES string of the molecule is CC[C@@](C)(C#CCN1CCCCC1)OCCOC(c1ccccc1)c1ccccc1. The van der Waals surface area contributed by atoms with E-state index < -0.39 is 5.60 Å². The van der Waals surface area contributed by atoms with Gasteiger partial charge < -0.3 is 9.47 Å². The Bertz CT molecular complexity index is 750. The van der Waals surface area contributed by atoms with Crippen molar-refractivity contribution in [2.75, 3.05) is 32.8 Å². The second-order valence-electron chi connectivity index (χ2n) is 8.14. The molecule has 30 heavy (non-hydrogen) atoms. The summed E-state index contributed by atoms with van der Waals surface area (Å²) in [6.07, 6.45) is 4.72. The Morgan fingerprint density at radius 3 is 2.07 bits per heavy atom. The highest BCUT2D eigenvalue weighted by atomic mass is 16.5. The average Bonchev–Trinajstić information content (AvgIpc) is 2.81. The molecule has 2 aromatic carbocycles. The highest BCUT2D eigenvalue weighted by Crippen LogP contribution is 2.26. The first-order valence-electron chi connectivity index (χ1n) is 11.3. The molecule has 1 fully saturated rings. The maximum Gasteiger partial charge on any atom is 0.125 e. The third-order valence-corrected chi connectivity index (χ3v) is 5.77. The fraction of sp³-hybridized carbons (Fsp3) is 0.481. The molecule has 0 aliphatic carbocycles. The van der Waals surface area contributed by atoms with Crippen LogP contribution in [0.25, 0.3) is 0 Å². The Balaban J connectivity index is 1.53. The second-order valence-corrected chi connectivity index (χ2v) is 8.14. The van der Waals surface area contributed by atoms with Gasteiger partial charge in [0.15, 0.2) is 0 Å². The topological polar surface area (TPSA) is 21.7 Å². The summed E-state index contributed by atoms with van der Waals surface area (Å²) in [5, 5.41) is 0. The van der Waals surface area contributed by atoms with E-state index in [0.29, 0.717) is 13.2 Å². The summed E-state index contributed by atoms with van der Waals surface area (Å²) in [4.78, 5) is 2.44. The Kier molecular flexibility index (Phi) is 8.96. The fourth-order valence-corrected chi connectivity index (χ4v) is 3.76. The standard InChI is InChI=1S/C27H35NO2/c1-3-27(2,18-13-21-28-19-11-6-12-20-28)30-23-22-29-26(24-14-7-4-8-15-24)25-16-9-5-10-17-25/h4-5,7-10,14-17,26H,3,6,11-12,19-23H2,1-2H3/t27-/m0/s1. The van der Waals surface area contributed by atoms with E-state index in [1.807, 2.05) is 12.1 Å². The number of ether oxygens (including phenoxy) is 2. The van der Waals surface area contributed by atoms with Crippen molar-refractivity contribution in [2.45, 2.75) is 51.2 Å². The summed E-state index contributed by atoms with van der Waals surface area (Å²) >= 11 is 0. The lowest BCUT2D eigenvalue weighted by Crippen LogP contribution is -2.31. The van der Waals surface area contributed by atoms with Crippen molar-refractivity contribution in [3.05, 3.63) is 71.8 Å². The van der Waals surface area contributed by atoms with Crippen LogP contribution in [0.5, 0.6) is 0 Å². The molecule has 1 aliphatic rings. The summed E-state index contributed by atoms with van der Waals surface area (Å²) < 4.78 is 12.4. The van der Waals surface area contributed by atoms with Gasteiger partial charge in [-0.05, 0) is 50.4 Å². The molecule has 3 rings (SSSR count). The van der Waals surface area contributed by atoms with E-state index >= 15 is 0 Å². The predicted octanol–water partition coefficient (Wildman–Crippen LogP) is 5.47. The quantitative estimate of drug-likeness (QED) is 0.408.